The molecule has 20 heavy (non-hydrogen) atoms. The van der Waals surface area contributed by atoms with E-state index in [1.54, 1.807) is 18.2 Å². The molecule has 0 bridgehead atoms. The summed E-state index contributed by atoms with van der Waals surface area (Å²) in [7, 11) is -3.22. The Balaban J connectivity index is 2.07. The van der Waals surface area contributed by atoms with Crippen LogP contribution in [0.2, 0.25) is 0 Å². The Morgan fingerprint density at radius 2 is 2.00 bits per heavy atom. The lowest BCUT2D eigenvalue weighted by Gasteiger charge is -2.30. The van der Waals surface area contributed by atoms with Gasteiger partial charge in [-0.2, -0.15) is 0 Å². The number of hydrogen-bond donors (Lipinski definition) is 1. The number of fused-ring (bicyclic) bond motifs is 1. The van der Waals surface area contributed by atoms with Crippen molar-refractivity contribution < 1.29 is 12.8 Å². The molecule has 0 aliphatic carbocycles. The van der Waals surface area contributed by atoms with Crippen molar-refractivity contribution in [2.24, 2.45) is 0 Å². The van der Waals surface area contributed by atoms with Crippen LogP contribution in [0.3, 0.4) is 0 Å². The van der Waals surface area contributed by atoms with Crippen molar-refractivity contribution >= 4 is 20.9 Å². The van der Waals surface area contributed by atoms with Gasteiger partial charge in [0.15, 0.2) is 15.4 Å². The topological polar surface area (TPSA) is 72.2 Å². The molecule has 108 valence electrons. The second kappa shape index (κ2) is 4.56. The molecule has 1 aromatic heterocycles. The zero-order chi connectivity index (χ0) is 14.4. The third kappa shape index (κ3) is 2.33. The average Bonchev–Trinajstić information content (AvgIpc) is 2.82. The minimum Gasteiger partial charge on any atom is -0.440 e. The van der Waals surface area contributed by atoms with Gasteiger partial charge >= 0.3 is 0 Å². The molecule has 0 atom stereocenters. The molecule has 0 spiro atoms. The summed E-state index contributed by atoms with van der Waals surface area (Å²) in [5, 5.41) is 3.32. The van der Waals surface area contributed by atoms with Gasteiger partial charge in [-0.05, 0) is 44.1 Å². The fourth-order valence-electron chi connectivity index (χ4n) is 2.59. The van der Waals surface area contributed by atoms with Crippen LogP contribution in [0.15, 0.2) is 27.5 Å². The summed E-state index contributed by atoms with van der Waals surface area (Å²) in [6.07, 6.45) is 3.14. The number of sulfone groups is 1. The normalized spacial score (nSPS) is 19.3. The van der Waals surface area contributed by atoms with Crippen LogP contribution in [0.25, 0.3) is 11.1 Å². The Bertz CT molecular complexity index is 743. The number of benzene rings is 1. The Hall–Kier alpha value is -1.40. The van der Waals surface area contributed by atoms with Gasteiger partial charge in [-0.3, -0.25) is 0 Å². The number of piperidine rings is 1. The van der Waals surface area contributed by atoms with E-state index in [4.69, 9.17) is 4.42 Å². The minimum absolute atomic E-state index is 0.0739. The molecule has 2 aromatic rings. The quantitative estimate of drug-likeness (QED) is 0.915. The van der Waals surface area contributed by atoms with E-state index in [-0.39, 0.29) is 10.3 Å². The van der Waals surface area contributed by atoms with E-state index >= 15 is 0 Å². The predicted molar refractivity (Wildman–Crippen MR) is 76.6 cm³/mol. The maximum absolute atomic E-state index is 11.6. The molecular formula is C14H18N2O3S. The first-order valence-corrected chi connectivity index (χ1v) is 8.59. The molecule has 1 saturated heterocycles. The first-order chi connectivity index (χ1) is 9.38. The number of rotatable bonds is 2. The van der Waals surface area contributed by atoms with Gasteiger partial charge in [0.25, 0.3) is 0 Å². The van der Waals surface area contributed by atoms with E-state index in [0.717, 1.165) is 25.9 Å². The lowest BCUT2D eigenvalue weighted by Crippen LogP contribution is -2.37. The van der Waals surface area contributed by atoms with Gasteiger partial charge in [-0.1, -0.05) is 6.92 Å². The first kappa shape index (κ1) is 13.6. The molecule has 0 amide bonds. The van der Waals surface area contributed by atoms with Gasteiger partial charge in [0, 0.05) is 11.7 Å². The van der Waals surface area contributed by atoms with Gasteiger partial charge in [0.1, 0.15) is 5.52 Å². The zero-order valence-electron chi connectivity index (χ0n) is 11.6. The lowest BCUT2D eigenvalue weighted by molar-refractivity contribution is 0.275. The van der Waals surface area contributed by atoms with Crippen molar-refractivity contribution in [1.82, 2.24) is 10.3 Å². The van der Waals surface area contributed by atoms with Gasteiger partial charge in [0.2, 0.25) is 5.89 Å². The molecule has 6 heteroatoms. The largest absolute Gasteiger partial charge is 0.440 e. The fourth-order valence-corrected chi connectivity index (χ4v) is 3.23. The molecule has 5 nitrogen and oxygen atoms in total. The summed E-state index contributed by atoms with van der Waals surface area (Å²) in [5.41, 5.74) is 1.19. The Kier molecular flexibility index (Phi) is 3.10. The standard InChI is InChI=1S/C14H18N2O3S/c1-14(5-7-15-8-6-14)13-16-11-9-10(20(2,17)18)3-4-12(11)19-13/h3-4,9,15H,5-8H2,1-2H3. The highest BCUT2D eigenvalue weighted by Gasteiger charge is 2.33. The van der Waals surface area contributed by atoms with Crippen molar-refractivity contribution in [3.8, 4) is 0 Å². The molecule has 3 rings (SSSR count). The van der Waals surface area contributed by atoms with E-state index in [1.807, 2.05) is 0 Å². The highest BCUT2D eigenvalue weighted by atomic mass is 32.2. The van der Waals surface area contributed by atoms with Crippen LogP contribution >= 0.6 is 0 Å². The van der Waals surface area contributed by atoms with E-state index in [9.17, 15) is 8.42 Å². The highest BCUT2D eigenvalue weighted by molar-refractivity contribution is 7.90. The van der Waals surface area contributed by atoms with E-state index < -0.39 is 9.84 Å². The SMILES string of the molecule is CC1(c2nc3cc(S(C)(=O)=O)ccc3o2)CCNCC1. The van der Waals surface area contributed by atoms with E-state index in [1.165, 1.54) is 6.26 Å². The van der Waals surface area contributed by atoms with Crippen LogP contribution in [0.4, 0.5) is 0 Å². The molecular weight excluding hydrogens is 276 g/mol. The summed E-state index contributed by atoms with van der Waals surface area (Å²) >= 11 is 0. The third-order valence-corrected chi connectivity index (χ3v) is 5.12. The number of nitrogens with one attached hydrogen (secondary N) is 1. The summed E-state index contributed by atoms with van der Waals surface area (Å²) in [4.78, 5) is 4.80. The van der Waals surface area contributed by atoms with Gasteiger partial charge < -0.3 is 9.73 Å². The number of nitrogens with zero attached hydrogens (tertiary/aromatic N) is 1. The molecule has 0 unspecified atom stereocenters. The van der Waals surface area contributed by atoms with Crippen LogP contribution in [-0.2, 0) is 15.3 Å². The molecule has 1 aromatic carbocycles. The highest BCUT2D eigenvalue weighted by Crippen LogP contribution is 2.34. The van der Waals surface area contributed by atoms with Gasteiger partial charge in [-0.25, -0.2) is 13.4 Å². The Morgan fingerprint density at radius 1 is 1.30 bits per heavy atom. The predicted octanol–water partition coefficient (Wildman–Crippen LogP) is 1.87. The first-order valence-electron chi connectivity index (χ1n) is 6.70. The second-order valence-electron chi connectivity index (χ2n) is 5.73. The molecule has 0 saturated carbocycles. The maximum atomic E-state index is 11.6. The number of oxazole rings is 1. The van der Waals surface area contributed by atoms with Gasteiger partial charge in [-0.15, -0.1) is 0 Å². The number of hydrogen-bond acceptors (Lipinski definition) is 5. The molecule has 2 heterocycles. The summed E-state index contributed by atoms with van der Waals surface area (Å²) in [6, 6.07) is 4.84. The molecule has 1 aliphatic heterocycles. The Labute approximate surface area is 118 Å². The smallest absolute Gasteiger partial charge is 0.201 e. The van der Waals surface area contributed by atoms with Crippen LogP contribution in [-0.4, -0.2) is 32.7 Å². The lowest BCUT2D eigenvalue weighted by atomic mass is 9.81. The zero-order valence-corrected chi connectivity index (χ0v) is 12.5. The number of aromatic nitrogens is 1. The van der Waals surface area contributed by atoms with Crippen molar-refractivity contribution in [2.45, 2.75) is 30.1 Å². The van der Waals surface area contributed by atoms with E-state index in [0.29, 0.717) is 17.0 Å². The molecule has 1 fully saturated rings. The van der Waals surface area contributed by atoms with Crippen molar-refractivity contribution in [3.05, 3.63) is 24.1 Å². The summed E-state index contributed by atoms with van der Waals surface area (Å²) in [5.74, 6) is 0.708. The van der Waals surface area contributed by atoms with Crippen LogP contribution in [0, 0.1) is 0 Å². The maximum Gasteiger partial charge on any atom is 0.201 e. The van der Waals surface area contributed by atoms with Gasteiger partial charge in [0.05, 0.1) is 4.90 Å². The average molecular weight is 294 g/mol. The van der Waals surface area contributed by atoms with Crippen LogP contribution < -0.4 is 5.32 Å². The fraction of sp³-hybridized carbons (Fsp3) is 0.500. The second-order valence-corrected chi connectivity index (χ2v) is 7.75. The van der Waals surface area contributed by atoms with Crippen LogP contribution in [0.1, 0.15) is 25.7 Å². The molecule has 1 aliphatic rings. The summed E-state index contributed by atoms with van der Waals surface area (Å²) in [6.45, 7) is 4.05. The summed E-state index contributed by atoms with van der Waals surface area (Å²) < 4.78 is 29.0. The molecule has 0 radical (unpaired) electrons. The van der Waals surface area contributed by atoms with Crippen molar-refractivity contribution in [1.29, 1.82) is 0 Å². The molecule has 1 N–H and O–H groups in total. The van der Waals surface area contributed by atoms with Crippen molar-refractivity contribution in [2.75, 3.05) is 19.3 Å². The van der Waals surface area contributed by atoms with E-state index in [2.05, 4.69) is 17.2 Å². The minimum atomic E-state index is -3.22. The van der Waals surface area contributed by atoms with Crippen molar-refractivity contribution in [3.63, 3.8) is 0 Å². The van der Waals surface area contributed by atoms with Crippen LogP contribution in [0.5, 0.6) is 0 Å². The third-order valence-electron chi connectivity index (χ3n) is 4.01. The Morgan fingerprint density at radius 3 is 2.65 bits per heavy atom. The monoisotopic (exact) mass is 294 g/mol.